The van der Waals surface area contributed by atoms with Crippen LogP contribution >= 0.6 is 35.1 Å². The van der Waals surface area contributed by atoms with Crippen molar-refractivity contribution >= 4 is 52.7 Å². The van der Waals surface area contributed by atoms with Crippen molar-refractivity contribution in [3.63, 3.8) is 0 Å². The first-order chi connectivity index (χ1) is 12.4. The number of carbonyl (C=O) groups is 2. The van der Waals surface area contributed by atoms with Gasteiger partial charge in [-0.2, -0.15) is 8.78 Å². The first kappa shape index (κ1) is 20.5. The third-order valence-electron chi connectivity index (χ3n) is 3.11. The highest BCUT2D eigenvalue weighted by atomic mass is 35.5. The number of esters is 1. The van der Waals surface area contributed by atoms with Crippen LogP contribution in [0, 0.1) is 0 Å². The minimum absolute atomic E-state index is 0.153. The molecular weight excluding hydrogens is 404 g/mol. The molecule has 9 heteroatoms. The van der Waals surface area contributed by atoms with Crippen LogP contribution in [0.25, 0.3) is 0 Å². The summed E-state index contributed by atoms with van der Waals surface area (Å²) in [6.45, 7) is -0.563. The van der Waals surface area contributed by atoms with Crippen LogP contribution < -0.4 is 5.32 Å². The Bertz CT molecular complexity index is 805. The molecule has 26 heavy (non-hydrogen) atoms. The first-order valence-electron chi connectivity index (χ1n) is 7.25. The topological polar surface area (TPSA) is 55.4 Å². The fraction of sp³-hybridized carbons (Fsp3) is 0.176. The standard InChI is InChI=1S/C17H14ClF2NO3S2/c1-25-10-6-7-12(18)11(8-10)16(23)24-9-15(22)21-13-4-2-3-5-14(13)26-17(19)20/h2-8,17H,9H2,1H3,(H,21,22). The lowest BCUT2D eigenvalue weighted by Gasteiger charge is -2.11. The summed E-state index contributed by atoms with van der Waals surface area (Å²) in [5.74, 6) is -3.99. The Morgan fingerprint density at radius 2 is 1.96 bits per heavy atom. The van der Waals surface area contributed by atoms with Gasteiger partial charge >= 0.3 is 5.97 Å². The van der Waals surface area contributed by atoms with Crippen molar-refractivity contribution in [3.8, 4) is 0 Å². The van der Waals surface area contributed by atoms with E-state index in [0.717, 1.165) is 4.90 Å². The maximum Gasteiger partial charge on any atom is 0.340 e. The smallest absolute Gasteiger partial charge is 0.340 e. The second-order valence-electron chi connectivity index (χ2n) is 4.84. The molecule has 0 spiro atoms. The number of hydrogen-bond donors (Lipinski definition) is 1. The minimum atomic E-state index is -2.61. The molecule has 0 aromatic heterocycles. The maximum atomic E-state index is 12.5. The van der Waals surface area contributed by atoms with Gasteiger partial charge in [-0.05, 0) is 36.6 Å². The van der Waals surface area contributed by atoms with Gasteiger partial charge in [-0.25, -0.2) is 4.79 Å². The molecule has 0 saturated heterocycles. The van der Waals surface area contributed by atoms with Gasteiger partial charge in [-0.1, -0.05) is 35.5 Å². The summed E-state index contributed by atoms with van der Waals surface area (Å²) < 4.78 is 30.1. The quantitative estimate of drug-likeness (QED) is 0.497. The van der Waals surface area contributed by atoms with Crippen LogP contribution in [0.4, 0.5) is 14.5 Å². The molecule has 1 N–H and O–H groups in total. The molecule has 2 aromatic carbocycles. The van der Waals surface area contributed by atoms with Gasteiger partial charge in [-0.3, -0.25) is 4.79 Å². The molecule has 0 unspecified atom stereocenters. The van der Waals surface area contributed by atoms with Gasteiger partial charge in [-0.15, -0.1) is 11.8 Å². The number of benzene rings is 2. The SMILES string of the molecule is CSc1ccc(Cl)c(C(=O)OCC(=O)Nc2ccccc2SC(F)F)c1. The summed E-state index contributed by atoms with van der Waals surface area (Å²) in [7, 11) is 0. The van der Waals surface area contributed by atoms with E-state index in [1.165, 1.54) is 23.9 Å². The highest BCUT2D eigenvalue weighted by Crippen LogP contribution is 2.31. The molecule has 0 aliphatic heterocycles. The number of thioether (sulfide) groups is 2. The van der Waals surface area contributed by atoms with Gasteiger partial charge in [0.05, 0.1) is 16.3 Å². The summed E-state index contributed by atoms with van der Waals surface area (Å²) in [4.78, 5) is 25.1. The molecule has 0 aliphatic carbocycles. The lowest BCUT2D eigenvalue weighted by molar-refractivity contribution is -0.119. The molecule has 2 rings (SSSR count). The van der Waals surface area contributed by atoms with E-state index in [-0.39, 0.29) is 21.2 Å². The highest BCUT2D eigenvalue weighted by molar-refractivity contribution is 7.99. The van der Waals surface area contributed by atoms with Crippen molar-refractivity contribution in [3.05, 3.63) is 53.1 Å². The summed E-state index contributed by atoms with van der Waals surface area (Å²) in [5, 5.41) is 2.67. The van der Waals surface area contributed by atoms with E-state index in [9.17, 15) is 18.4 Å². The van der Waals surface area contributed by atoms with Gasteiger partial charge in [0.1, 0.15) is 0 Å². The van der Waals surface area contributed by atoms with Crippen LogP contribution in [0.3, 0.4) is 0 Å². The highest BCUT2D eigenvalue weighted by Gasteiger charge is 2.16. The molecular formula is C17H14ClF2NO3S2. The molecule has 0 saturated carbocycles. The number of anilines is 1. The fourth-order valence-electron chi connectivity index (χ4n) is 1.95. The molecule has 138 valence electrons. The Kier molecular flexibility index (Phi) is 7.74. The zero-order valence-electron chi connectivity index (χ0n) is 13.5. The van der Waals surface area contributed by atoms with Crippen LogP contribution in [0.1, 0.15) is 10.4 Å². The second-order valence-corrected chi connectivity index (χ2v) is 7.16. The summed E-state index contributed by atoms with van der Waals surface area (Å²) in [6, 6.07) is 11.0. The minimum Gasteiger partial charge on any atom is -0.452 e. The number of hydrogen-bond acceptors (Lipinski definition) is 5. The maximum absolute atomic E-state index is 12.5. The molecule has 4 nitrogen and oxygen atoms in total. The van der Waals surface area contributed by atoms with Crippen molar-refractivity contribution in [1.29, 1.82) is 0 Å². The number of amides is 1. The third kappa shape index (κ3) is 5.89. The number of alkyl halides is 2. The molecule has 0 heterocycles. The normalized spacial score (nSPS) is 10.7. The van der Waals surface area contributed by atoms with Gasteiger partial charge in [0, 0.05) is 9.79 Å². The van der Waals surface area contributed by atoms with Crippen molar-refractivity contribution in [2.45, 2.75) is 15.5 Å². The summed E-state index contributed by atoms with van der Waals surface area (Å²) >= 11 is 7.73. The molecule has 1 amide bonds. The van der Waals surface area contributed by atoms with E-state index in [4.69, 9.17) is 16.3 Å². The van der Waals surface area contributed by atoms with E-state index >= 15 is 0 Å². The largest absolute Gasteiger partial charge is 0.452 e. The van der Waals surface area contributed by atoms with Crippen LogP contribution in [0.2, 0.25) is 5.02 Å². The monoisotopic (exact) mass is 417 g/mol. The van der Waals surface area contributed by atoms with Gasteiger partial charge in [0.15, 0.2) is 6.61 Å². The molecule has 0 bridgehead atoms. The van der Waals surface area contributed by atoms with Gasteiger partial charge in [0.2, 0.25) is 0 Å². The fourth-order valence-corrected chi connectivity index (χ4v) is 3.18. The van der Waals surface area contributed by atoms with Crippen molar-refractivity contribution in [1.82, 2.24) is 0 Å². The number of rotatable bonds is 7. The lowest BCUT2D eigenvalue weighted by atomic mass is 10.2. The molecule has 0 atom stereocenters. The molecule has 0 radical (unpaired) electrons. The van der Waals surface area contributed by atoms with E-state index in [1.54, 1.807) is 30.3 Å². The molecule has 0 fully saturated rings. The average molecular weight is 418 g/mol. The number of ether oxygens (including phenoxy) is 1. The van der Waals surface area contributed by atoms with E-state index in [2.05, 4.69) is 5.32 Å². The van der Waals surface area contributed by atoms with Crippen molar-refractivity contribution in [2.75, 3.05) is 18.2 Å². The Hall–Kier alpha value is -1.77. The van der Waals surface area contributed by atoms with E-state index < -0.39 is 24.2 Å². The Balaban J connectivity index is 1.98. The van der Waals surface area contributed by atoms with Gasteiger partial charge in [0.25, 0.3) is 11.7 Å². The van der Waals surface area contributed by atoms with Gasteiger partial charge < -0.3 is 10.1 Å². The Labute approximate surface area is 162 Å². The first-order valence-corrected chi connectivity index (χ1v) is 9.73. The predicted octanol–water partition coefficient (Wildman–Crippen LogP) is 5.17. The third-order valence-corrected chi connectivity index (χ3v) is 4.95. The number of para-hydroxylation sites is 1. The summed E-state index contributed by atoms with van der Waals surface area (Å²) in [6.07, 6.45) is 1.85. The van der Waals surface area contributed by atoms with Crippen molar-refractivity contribution < 1.29 is 23.1 Å². The Morgan fingerprint density at radius 1 is 1.23 bits per heavy atom. The summed E-state index contributed by atoms with van der Waals surface area (Å²) in [5.41, 5.74) is 0.376. The predicted molar refractivity (Wildman–Crippen MR) is 100 cm³/mol. The van der Waals surface area contributed by atoms with E-state index in [1.807, 2.05) is 6.26 Å². The zero-order valence-corrected chi connectivity index (χ0v) is 15.9. The number of nitrogens with one attached hydrogen (secondary N) is 1. The van der Waals surface area contributed by atoms with Crippen molar-refractivity contribution in [2.24, 2.45) is 0 Å². The molecule has 2 aromatic rings. The van der Waals surface area contributed by atoms with Crippen LogP contribution in [-0.2, 0) is 9.53 Å². The zero-order chi connectivity index (χ0) is 19.1. The lowest BCUT2D eigenvalue weighted by Crippen LogP contribution is -2.21. The van der Waals surface area contributed by atoms with Crippen LogP contribution in [0.5, 0.6) is 0 Å². The second kappa shape index (κ2) is 9.80. The number of carbonyl (C=O) groups excluding carboxylic acids is 2. The molecule has 0 aliphatic rings. The van der Waals surface area contributed by atoms with Crippen LogP contribution in [-0.4, -0.2) is 30.5 Å². The van der Waals surface area contributed by atoms with E-state index in [0.29, 0.717) is 11.8 Å². The average Bonchev–Trinajstić information content (AvgIpc) is 2.61. The Morgan fingerprint density at radius 3 is 2.65 bits per heavy atom. The van der Waals surface area contributed by atoms with Crippen LogP contribution in [0.15, 0.2) is 52.3 Å². The number of halogens is 3.